The number of nitrogens with zero attached hydrogens (tertiary/aromatic N) is 2. The van der Waals surface area contributed by atoms with Gasteiger partial charge >= 0.3 is 0 Å². The molecule has 2 bridgehead atoms. The van der Waals surface area contributed by atoms with Crippen LogP contribution in [-0.2, 0) is 23.1 Å². The summed E-state index contributed by atoms with van der Waals surface area (Å²) in [5, 5.41) is 24.0. The van der Waals surface area contributed by atoms with E-state index in [1.807, 2.05) is 53.4 Å². The Morgan fingerprint density at radius 2 is 1.81 bits per heavy atom. The molecule has 1 amide bonds. The summed E-state index contributed by atoms with van der Waals surface area (Å²) < 4.78 is 6.78. The molecule has 6 heteroatoms. The van der Waals surface area contributed by atoms with Crippen LogP contribution < -0.4 is 4.74 Å². The summed E-state index contributed by atoms with van der Waals surface area (Å²) in [5.74, 6) is 0.861. The molecule has 1 saturated heterocycles. The summed E-state index contributed by atoms with van der Waals surface area (Å²) >= 11 is 0. The van der Waals surface area contributed by atoms with Gasteiger partial charge in [0.15, 0.2) is 11.5 Å². The van der Waals surface area contributed by atoms with Gasteiger partial charge in [-0.25, -0.2) is 0 Å². The summed E-state index contributed by atoms with van der Waals surface area (Å²) in [7, 11) is 0. The SMILES string of the molecule is CC(C)CN(C(=O)C=Cc1ccccc1)[C@@H]1CC[C@@]2(O)[C@H]3Cc4ccc(O)c5c4[C@@]2(CCN3CCc2ccccc2)[C@H]1O5. The highest BCUT2D eigenvalue weighted by Gasteiger charge is 2.73. The van der Waals surface area contributed by atoms with Gasteiger partial charge in [0.25, 0.3) is 0 Å². The van der Waals surface area contributed by atoms with E-state index in [1.165, 1.54) is 5.56 Å². The third-order valence-electron chi connectivity index (χ3n) is 10.5. The summed E-state index contributed by atoms with van der Waals surface area (Å²) in [6.45, 7) is 6.58. The van der Waals surface area contributed by atoms with E-state index < -0.39 is 17.1 Å². The van der Waals surface area contributed by atoms with Gasteiger partial charge in [-0.2, -0.15) is 0 Å². The van der Waals surface area contributed by atoms with Gasteiger partial charge in [0.05, 0.1) is 17.1 Å². The number of ether oxygens (including phenoxy) is 1. The number of phenolic OH excluding ortho intramolecular Hbond substituents is 1. The van der Waals surface area contributed by atoms with Crippen molar-refractivity contribution in [3.8, 4) is 11.5 Å². The lowest BCUT2D eigenvalue weighted by Gasteiger charge is -2.65. The van der Waals surface area contributed by atoms with Crippen molar-refractivity contribution in [2.75, 3.05) is 19.6 Å². The molecule has 43 heavy (non-hydrogen) atoms. The Hall–Kier alpha value is -3.61. The maximum absolute atomic E-state index is 13.9. The van der Waals surface area contributed by atoms with Crippen LogP contribution in [0.1, 0.15) is 55.4 Å². The average Bonchev–Trinajstić information content (AvgIpc) is 3.37. The number of phenols is 1. The Morgan fingerprint density at radius 1 is 1.07 bits per heavy atom. The Bertz CT molecular complexity index is 1520. The normalized spacial score (nSPS) is 29.0. The highest BCUT2D eigenvalue weighted by atomic mass is 16.5. The number of rotatable bonds is 8. The number of aromatic hydroxyl groups is 1. The van der Waals surface area contributed by atoms with Crippen molar-refractivity contribution < 1.29 is 19.7 Å². The van der Waals surface area contributed by atoms with Crippen LogP contribution in [0.2, 0.25) is 0 Å². The second-order valence-corrected chi connectivity index (χ2v) is 13.4. The molecule has 5 atom stereocenters. The van der Waals surface area contributed by atoms with E-state index in [9.17, 15) is 15.0 Å². The molecule has 1 saturated carbocycles. The van der Waals surface area contributed by atoms with E-state index in [-0.39, 0.29) is 29.7 Å². The largest absolute Gasteiger partial charge is 0.504 e. The van der Waals surface area contributed by atoms with E-state index >= 15 is 0 Å². The monoisotopic (exact) mass is 578 g/mol. The Balaban J connectivity index is 1.25. The van der Waals surface area contributed by atoms with Crippen LogP contribution in [0.15, 0.2) is 78.9 Å². The molecular formula is C37H42N2O4. The van der Waals surface area contributed by atoms with Crippen LogP contribution >= 0.6 is 0 Å². The highest BCUT2D eigenvalue weighted by molar-refractivity contribution is 5.92. The third kappa shape index (κ3) is 4.49. The minimum atomic E-state index is -1.01. The van der Waals surface area contributed by atoms with Crippen LogP contribution in [0.4, 0.5) is 0 Å². The van der Waals surface area contributed by atoms with Gasteiger partial charge in [-0.1, -0.05) is 80.6 Å². The third-order valence-corrected chi connectivity index (χ3v) is 10.5. The Kier molecular flexibility index (Phi) is 7.10. The number of carbonyl (C=O) groups excluding carboxylic acids is 1. The van der Waals surface area contributed by atoms with Gasteiger partial charge in [-0.05, 0) is 73.4 Å². The molecule has 3 aromatic rings. The summed E-state index contributed by atoms with van der Waals surface area (Å²) in [6.07, 6.45) is 6.74. The van der Waals surface area contributed by atoms with Crippen LogP contribution in [0.25, 0.3) is 6.08 Å². The first-order chi connectivity index (χ1) is 20.8. The molecule has 2 aliphatic heterocycles. The van der Waals surface area contributed by atoms with Crippen molar-refractivity contribution in [3.05, 3.63) is 101 Å². The predicted molar refractivity (Wildman–Crippen MR) is 168 cm³/mol. The number of amides is 1. The number of likely N-dealkylation sites (tertiary alicyclic amines) is 1. The summed E-state index contributed by atoms with van der Waals surface area (Å²) in [5.41, 5.74) is 2.73. The van der Waals surface area contributed by atoms with E-state index in [2.05, 4.69) is 43.0 Å². The highest BCUT2D eigenvalue weighted by Crippen LogP contribution is 2.65. The lowest BCUT2D eigenvalue weighted by molar-refractivity contribution is -0.201. The first kappa shape index (κ1) is 28.2. The zero-order valence-electron chi connectivity index (χ0n) is 25.2. The molecule has 4 aliphatic rings. The van der Waals surface area contributed by atoms with E-state index in [1.54, 1.807) is 12.1 Å². The van der Waals surface area contributed by atoms with Crippen molar-refractivity contribution >= 4 is 12.0 Å². The minimum absolute atomic E-state index is 0.0407. The molecule has 0 unspecified atom stereocenters. The van der Waals surface area contributed by atoms with Crippen molar-refractivity contribution in [1.82, 2.24) is 9.80 Å². The molecule has 3 aromatic carbocycles. The molecule has 1 spiro atoms. The molecule has 2 heterocycles. The molecule has 2 N–H and O–H groups in total. The molecule has 6 nitrogen and oxygen atoms in total. The quantitative estimate of drug-likeness (QED) is 0.353. The molecule has 2 fully saturated rings. The second kappa shape index (κ2) is 10.8. The molecule has 2 aliphatic carbocycles. The van der Waals surface area contributed by atoms with Crippen molar-refractivity contribution in [3.63, 3.8) is 0 Å². The van der Waals surface area contributed by atoms with Crippen LogP contribution in [0.5, 0.6) is 11.5 Å². The van der Waals surface area contributed by atoms with Crippen molar-refractivity contribution in [2.45, 2.75) is 75.2 Å². The minimum Gasteiger partial charge on any atom is -0.504 e. The first-order valence-corrected chi connectivity index (χ1v) is 15.9. The summed E-state index contributed by atoms with van der Waals surface area (Å²) in [6, 6.07) is 23.9. The van der Waals surface area contributed by atoms with Gasteiger partial charge in [-0.3, -0.25) is 9.69 Å². The second-order valence-electron chi connectivity index (χ2n) is 13.4. The van der Waals surface area contributed by atoms with E-state index in [4.69, 9.17) is 4.74 Å². The van der Waals surface area contributed by atoms with Gasteiger partial charge < -0.3 is 19.8 Å². The van der Waals surface area contributed by atoms with Gasteiger partial charge in [0, 0.05) is 30.8 Å². The van der Waals surface area contributed by atoms with Gasteiger partial charge in [0.1, 0.15) is 6.10 Å². The fraction of sp³-hybridized carbons (Fsp3) is 0.432. The molecular weight excluding hydrogens is 536 g/mol. The molecule has 224 valence electrons. The molecule has 0 radical (unpaired) electrons. The number of benzene rings is 3. The van der Waals surface area contributed by atoms with Crippen LogP contribution in [-0.4, -0.2) is 69.3 Å². The van der Waals surface area contributed by atoms with E-state index in [0.29, 0.717) is 25.1 Å². The Labute approximate surface area is 254 Å². The Morgan fingerprint density at radius 3 is 2.56 bits per heavy atom. The lowest BCUT2D eigenvalue weighted by Crippen LogP contribution is -2.78. The first-order valence-electron chi connectivity index (χ1n) is 15.9. The predicted octanol–water partition coefficient (Wildman–Crippen LogP) is 5.36. The average molecular weight is 579 g/mol. The fourth-order valence-electron chi connectivity index (χ4n) is 8.72. The molecule has 0 aromatic heterocycles. The van der Waals surface area contributed by atoms with E-state index in [0.717, 1.165) is 49.0 Å². The smallest absolute Gasteiger partial charge is 0.246 e. The number of carbonyl (C=O) groups is 1. The van der Waals surface area contributed by atoms with Gasteiger partial charge in [-0.15, -0.1) is 0 Å². The standard InChI is InChI=1S/C37H42N2O4/c1-25(2)24-39(32(41)16-13-26-9-5-3-6-10-26)29-17-19-37(42)31-23-28-14-15-30(40)34-33(28)36(37,35(29)43-34)20-22-38(31)21-18-27-11-7-4-8-12-27/h3-16,25,29,31,35,40,42H,17-24H2,1-2H3/t29-,31-,35+,36+,37-/m1/s1. The topological polar surface area (TPSA) is 73.2 Å². The van der Waals surface area contributed by atoms with Crippen molar-refractivity contribution in [1.29, 1.82) is 0 Å². The van der Waals surface area contributed by atoms with Crippen LogP contribution in [0.3, 0.4) is 0 Å². The number of hydrogen-bond acceptors (Lipinski definition) is 5. The number of hydrogen-bond donors (Lipinski definition) is 2. The number of aliphatic hydroxyl groups is 1. The zero-order valence-corrected chi connectivity index (χ0v) is 25.2. The molecule has 7 rings (SSSR count). The van der Waals surface area contributed by atoms with Crippen LogP contribution in [0, 0.1) is 5.92 Å². The summed E-state index contributed by atoms with van der Waals surface area (Å²) in [4.78, 5) is 18.4. The maximum Gasteiger partial charge on any atom is 0.246 e. The number of piperidine rings is 1. The lowest BCUT2D eigenvalue weighted by atomic mass is 9.48. The fourth-order valence-corrected chi connectivity index (χ4v) is 8.72. The van der Waals surface area contributed by atoms with Gasteiger partial charge in [0.2, 0.25) is 5.91 Å². The zero-order chi connectivity index (χ0) is 29.8. The maximum atomic E-state index is 13.9. The van der Waals surface area contributed by atoms with Crippen molar-refractivity contribution in [2.24, 2.45) is 5.92 Å².